The molecule has 0 fully saturated rings. The Bertz CT molecular complexity index is 663. The van der Waals surface area contributed by atoms with Crippen molar-refractivity contribution in [3.63, 3.8) is 0 Å². The maximum absolute atomic E-state index is 12.8. The van der Waals surface area contributed by atoms with Crippen LogP contribution >= 0.6 is 0 Å². The maximum atomic E-state index is 12.8. The van der Waals surface area contributed by atoms with E-state index in [0.29, 0.717) is 0 Å². The lowest BCUT2D eigenvalue weighted by molar-refractivity contribution is -0.117. The van der Waals surface area contributed by atoms with Gasteiger partial charge in [0.15, 0.2) is 0 Å². The molecule has 1 N–H and O–H groups in total. The van der Waals surface area contributed by atoms with E-state index in [1.165, 1.54) is 18.2 Å². The van der Waals surface area contributed by atoms with Crippen molar-refractivity contribution in [2.75, 3.05) is 7.11 Å². The molecule has 0 aromatic heterocycles. The molecule has 1 amide bonds. The van der Waals surface area contributed by atoms with Gasteiger partial charge in [0.1, 0.15) is 11.6 Å². The molecule has 120 valence electrons. The van der Waals surface area contributed by atoms with Crippen LogP contribution in [0.3, 0.4) is 0 Å². The van der Waals surface area contributed by atoms with Crippen LogP contribution in [0.1, 0.15) is 30.5 Å². The predicted molar refractivity (Wildman–Crippen MR) is 89.6 cm³/mol. The molecule has 0 unspecified atom stereocenters. The summed E-state index contributed by atoms with van der Waals surface area (Å²) in [7, 11) is 1.62. The Labute approximate surface area is 135 Å². The minimum atomic E-state index is -0.294. The third-order valence-corrected chi connectivity index (χ3v) is 3.54. The molecular formula is C19H20FNO2. The molecule has 23 heavy (non-hydrogen) atoms. The summed E-state index contributed by atoms with van der Waals surface area (Å²) in [6.07, 6.45) is 3.90. The van der Waals surface area contributed by atoms with Crippen molar-refractivity contribution in [2.45, 2.75) is 19.4 Å². The van der Waals surface area contributed by atoms with Gasteiger partial charge in [-0.15, -0.1) is 0 Å². The molecule has 0 aliphatic heterocycles. The number of carbonyl (C=O) groups excluding carboxylic acids is 1. The van der Waals surface area contributed by atoms with Crippen molar-refractivity contribution in [2.24, 2.45) is 0 Å². The molecule has 0 saturated carbocycles. The second-order valence-corrected chi connectivity index (χ2v) is 5.13. The molecule has 0 aliphatic carbocycles. The van der Waals surface area contributed by atoms with Crippen LogP contribution in [-0.4, -0.2) is 13.0 Å². The normalized spacial score (nSPS) is 12.1. The second kappa shape index (κ2) is 8.13. The molecule has 0 heterocycles. The third-order valence-electron chi connectivity index (χ3n) is 3.54. The molecule has 0 bridgehead atoms. The van der Waals surface area contributed by atoms with E-state index in [0.717, 1.165) is 23.3 Å². The minimum Gasteiger partial charge on any atom is -0.497 e. The first-order chi connectivity index (χ1) is 11.1. The number of ether oxygens (including phenoxy) is 1. The van der Waals surface area contributed by atoms with Crippen molar-refractivity contribution in [3.8, 4) is 5.75 Å². The van der Waals surface area contributed by atoms with E-state index in [2.05, 4.69) is 5.32 Å². The summed E-state index contributed by atoms with van der Waals surface area (Å²) >= 11 is 0. The highest BCUT2D eigenvalue weighted by molar-refractivity contribution is 5.91. The van der Waals surface area contributed by atoms with Crippen molar-refractivity contribution in [3.05, 3.63) is 71.6 Å². The highest BCUT2D eigenvalue weighted by Gasteiger charge is 2.11. The fraction of sp³-hybridized carbons (Fsp3) is 0.211. The van der Waals surface area contributed by atoms with E-state index >= 15 is 0 Å². The number of carbonyl (C=O) groups is 1. The number of hydrogen-bond acceptors (Lipinski definition) is 2. The van der Waals surface area contributed by atoms with Gasteiger partial charge in [-0.05, 0) is 47.9 Å². The Hall–Kier alpha value is -2.62. The second-order valence-electron chi connectivity index (χ2n) is 5.13. The van der Waals surface area contributed by atoms with Crippen LogP contribution in [0.4, 0.5) is 4.39 Å². The number of methoxy groups -OCH3 is 1. The van der Waals surface area contributed by atoms with Crippen LogP contribution in [0.25, 0.3) is 6.08 Å². The zero-order valence-corrected chi connectivity index (χ0v) is 13.3. The van der Waals surface area contributed by atoms with Crippen molar-refractivity contribution in [1.29, 1.82) is 0 Å². The van der Waals surface area contributed by atoms with Crippen molar-refractivity contribution in [1.82, 2.24) is 5.32 Å². The summed E-state index contributed by atoms with van der Waals surface area (Å²) < 4.78 is 18.0. The molecule has 0 spiro atoms. The van der Waals surface area contributed by atoms with Crippen LogP contribution in [0.2, 0.25) is 0 Å². The summed E-state index contributed by atoms with van der Waals surface area (Å²) in [5.41, 5.74) is 1.80. The third kappa shape index (κ3) is 4.95. The Balaban J connectivity index is 1.99. The van der Waals surface area contributed by atoms with Gasteiger partial charge < -0.3 is 10.1 Å². The lowest BCUT2D eigenvalue weighted by Crippen LogP contribution is -2.26. The molecule has 1 atom stereocenters. The first-order valence-electron chi connectivity index (χ1n) is 7.50. The fourth-order valence-electron chi connectivity index (χ4n) is 2.22. The highest BCUT2D eigenvalue weighted by atomic mass is 19.1. The number of benzene rings is 2. The van der Waals surface area contributed by atoms with E-state index in [4.69, 9.17) is 4.74 Å². The largest absolute Gasteiger partial charge is 0.497 e. The van der Waals surface area contributed by atoms with E-state index in [1.807, 2.05) is 31.2 Å². The van der Waals surface area contributed by atoms with E-state index in [-0.39, 0.29) is 17.8 Å². The van der Waals surface area contributed by atoms with Crippen LogP contribution in [0.5, 0.6) is 5.75 Å². The summed E-state index contributed by atoms with van der Waals surface area (Å²) in [6.45, 7) is 2.01. The monoisotopic (exact) mass is 313 g/mol. The number of rotatable bonds is 6. The molecule has 2 aromatic rings. The van der Waals surface area contributed by atoms with Gasteiger partial charge in [-0.1, -0.05) is 31.2 Å². The number of amides is 1. The smallest absolute Gasteiger partial charge is 0.244 e. The maximum Gasteiger partial charge on any atom is 0.244 e. The van der Waals surface area contributed by atoms with Crippen LogP contribution in [-0.2, 0) is 4.79 Å². The minimum absolute atomic E-state index is 0.0636. The van der Waals surface area contributed by atoms with Gasteiger partial charge >= 0.3 is 0 Å². The van der Waals surface area contributed by atoms with Crippen molar-refractivity contribution >= 4 is 12.0 Å². The van der Waals surface area contributed by atoms with Gasteiger partial charge in [0, 0.05) is 6.08 Å². The first kappa shape index (κ1) is 16.7. The Morgan fingerprint density at radius 3 is 2.39 bits per heavy atom. The van der Waals surface area contributed by atoms with Gasteiger partial charge in [-0.25, -0.2) is 4.39 Å². The summed E-state index contributed by atoms with van der Waals surface area (Å²) in [5, 5.41) is 2.96. The lowest BCUT2D eigenvalue weighted by atomic mass is 10.0. The Morgan fingerprint density at radius 2 is 1.83 bits per heavy atom. The van der Waals surface area contributed by atoms with Crippen molar-refractivity contribution < 1.29 is 13.9 Å². The molecular weight excluding hydrogens is 293 g/mol. The van der Waals surface area contributed by atoms with Gasteiger partial charge in [0.25, 0.3) is 0 Å². The van der Waals surface area contributed by atoms with Crippen LogP contribution in [0, 0.1) is 5.82 Å². The zero-order chi connectivity index (χ0) is 16.7. The summed E-state index contributed by atoms with van der Waals surface area (Å²) in [4.78, 5) is 12.1. The van der Waals surface area contributed by atoms with E-state index < -0.39 is 0 Å². The molecule has 4 heteroatoms. The quantitative estimate of drug-likeness (QED) is 0.815. The molecule has 2 aromatic carbocycles. The molecule has 0 radical (unpaired) electrons. The predicted octanol–water partition coefficient (Wildman–Crippen LogP) is 4.12. The van der Waals surface area contributed by atoms with Crippen LogP contribution < -0.4 is 10.1 Å². The summed E-state index contributed by atoms with van der Waals surface area (Å²) in [5.74, 6) is 0.306. The SMILES string of the molecule is CC[C@H](NC(=O)/C=C/c1ccc(F)cc1)c1ccc(OC)cc1. The Kier molecular flexibility index (Phi) is 5.92. The topological polar surface area (TPSA) is 38.3 Å². The van der Waals surface area contributed by atoms with Gasteiger partial charge in [-0.3, -0.25) is 4.79 Å². The van der Waals surface area contributed by atoms with Gasteiger partial charge in [0.2, 0.25) is 5.91 Å². The molecule has 3 nitrogen and oxygen atoms in total. The van der Waals surface area contributed by atoms with E-state index in [1.54, 1.807) is 25.3 Å². The standard InChI is InChI=1S/C19H20FNO2/c1-3-18(15-7-11-17(23-2)12-8-15)21-19(22)13-6-14-4-9-16(20)10-5-14/h4-13,18H,3H2,1-2H3,(H,21,22)/b13-6+/t18-/m0/s1. The van der Waals surface area contributed by atoms with E-state index in [9.17, 15) is 9.18 Å². The van der Waals surface area contributed by atoms with Gasteiger partial charge in [-0.2, -0.15) is 0 Å². The number of halogens is 1. The number of nitrogens with one attached hydrogen (secondary N) is 1. The molecule has 0 saturated heterocycles. The summed E-state index contributed by atoms with van der Waals surface area (Å²) in [6, 6.07) is 13.5. The van der Waals surface area contributed by atoms with Crippen LogP contribution in [0.15, 0.2) is 54.6 Å². The number of hydrogen-bond donors (Lipinski definition) is 1. The molecule has 2 rings (SSSR count). The first-order valence-corrected chi connectivity index (χ1v) is 7.50. The molecule has 0 aliphatic rings. The highest BCUT2D eigenvalue weighted by Crippen LogP contribution is 2.20. The average molecular weight is 313 g/mol. The Morgan fingerprint density at radius 1 is 1.17 bits per heavy atom. The van der Waals surface area contributed by atoms with Gasteiger partial charge in [0.05, 0.1) is 13.2 Å². The zero-order valence-electron chi connectivity index (χ0n) is 13.3. The fourth-order valence-corrected chi connectivity index (χ4v) is 2.22. The lowest BCUT2D eigenvalue weighted by Gasteiger charge is -2.16. The average Bonchev–Trinajstić information content (AvgIpc) is 2.59.